The normalized spacial score (nSPS) is 14.6. The van der Waals surface area contributed by atoms with Crippen molar-refractivity contribution in [3.8, 4) is 0 Å². The number of benzene rings is 2. The van der Waals surface area contributed by atoms with Gasteiger partial charge in [-0.3, -0.25) is 19.1 Å². The fraction of sp³-hybridized carbons (Fsp3) is 0.226. The summed E-state index contributed by atoms with van der Waals surface area (Å²) < 4.78 is 16.3. The number of hydrogen-bond acceptors (Lipinski definition) is 4. The van der Waals surface area contributed by atoms with Gasteiger partial charge < -0.3 is 20.5 Å². The first-order chi connectivity index (χ1) is 20.2. The number of alkyl halides is 1. The van der Waals surface area contributed by atoms with Gasteiger partial charge in [0, 0.05) is 47.6 Å². The molecule has 0 saturated heterocycles. The van der Waals surface area contributed by atoms with E-state index >= 15 is 0 Å². The van der Waals surface area contributed by atoms with Crippen molar-refractivity contribution in [2.45, 2.75) is 32.9 Å². The van der Waals surface area contributed by atoms with Gasteiger partial charge in [0.15, 0.2) is 5.69 Å². The topological polar surface area (TPSA) is 112 Å². The van der Waals surface area contributed by atoms with E-state index in [0.717, 1.165) is 11.3 Å². The van der Waals surface area contributed by atoms with Crippen molar-refractivity contribution in [3.05, 3.63) is 113 Å². The predicted molar refractivity (Wildman–Crippen MR) is 159 cm³/mol. The highest BCUT2D eigenvalue weighted by Crippen LogP contribution is 2.32. The van der Waals surface area contributed by atoms with Crippen LogP contribution in [-0.4, -0.2) is 49.8 Å². The van der Waals surface area contributed by atoms with Crippen molar-refractivity contribution in [3.63, 3.8) is 0 Å². The largest absolute Gasteiger partial charge is 0.357 e. The Labute approximate surface area is 247 Å². The summed E-state index contributed by atoms with van der Waals surface area (Å²) in [6.45, 7) is 4.76. The first-order valence-corrected chi connectivity index (χ1v) is 14.0. The van der Waals surface area contributed by atoms with E-state index in [1.165, 1.54) is 24.3 Å². The molecular weight excluding hydrogens is 559 g/mol. The molecule has 42 heavy (non-hydrogen) atoms. The van der Waals surface area contributed by atoms with E-state index in [1.807, 2.05) is 32.0 Å². The van der Waals surface area contributed by atoms with Gasteiger partial charge in [0.25, 0.3) is 11.8 Å². The standard InChI is InChI=1S/C31H30ClFN6O3/c1-19-6-3-7-22(14-19)35-30(41)28-23-18-38(31(42)25-8-5-13-34-25)16-20(2)29(23)39(37-28)17-21-10-11-24(33)26(15-21)36-27(40)9-4-12-32/h3-11,13-15,20,34H,12,16-18H2,1-2H3,(H,35,41)(H,36,40)/b9-4+. The van der Waals surface area contributed by atoms with Gasteiger partial charge in [-0.1, -0.05) is 31.2 Å². The molecular formula is C31H30ClFN6O3. The van der Waals surface area contributed by atoms with Gasteiger partial charge in [0.1, 0.15) is 11.5 Å². The number of nitrogens with zero attached hydrogens (tertiary/aromatic N) is 3. The van der Waals surface area contributed by atoms with Crippen LogP contribution in [0.3, 0.4) is 0 Å². The molecule has 4 aromatic rings. The molecule has 0 aliphatic carbocycles. The first kappa shape index (κ1) is 28.8. The van der Waals surface area contributed by atoms with Crippen LogP contribution in [0.5, 0.6) is 0 Å². The number of fused-ring (bicyclic) bond motifs is 1. The number of aryl methyl sites for hydroxylation is 1. The van der Waals surface area contributed by atoms with E-state index in [9.17, 15) is 18.8 Å². The zero-order valence-corrected chi connectivity index (χ0v) is 23.9. The SMILES string of the molecule is Cc1cccc(NC(=O)c2nn(Cc3ccc(F)c(NC(=O)/C=C/CCl)c3)c3c2CN(C(=O)c2ccc[nH]2)CC3C)c1. The lowest BCUT2D eigenvalue weighted by Crippen LogP contribution is -2.38. The lowest BCUT2D eigenvalue weighted by Gasteiger charge is -2.32. The van der Waals surface area contributed by atoms with Crippen molar-refractivity contribution in [1.82, 2.24) is 19.7 Å². The molecule has 3 heterocycles. The molecule has 0 saturated carbocycles. The van der Waals surface area contributed by atoms with Crippen molar-refractivity contribution >= 4 is 40.7 Å². The number of H-pyrrole nitrogens is 1. The Morgan fingerprint density at radius 3 is 2.71 bits per heavy atom. The maximum Gasteiger partial charge on any atom is 0.276 e. The molecule has 2 aromatic heterocycles. The zero-order valence-electron chi connectivity index (χ0n) is 23.2. The number of nitrogens with one attached hydrogen (secondary N) is 3. The Balaban J connectivity index is 1.49. The third-order valence-electron chi connectivity index (χ3n) is 6.99. The Morgan fingerprint density at radius 2 is 1.98 bits per heavy atom. The Morgan fingerprint density at radius 1 is 1.14 bits per heavy atom. The summed E-state index contributed by atoms with van der Waals surface area (Å²) >= 11 is 5.59. The van der Waals surface area contributed by atoms with Crippen LogP contribution in [0, 0.1) is 12.7 Å². The van der Waals surface area contributed by atoms with E-state index < -0.39 is 17.6 Å². The molecule has 9 nitrogen and oxygen atoms in total. The molecule has 216 valence electrons. The smallest absolute Gasteiger partial charge is 0.276 e. The number of carbonyl (C=O) groups is 3. The van der Waals surface area contributed by atoms with Crippen LogP contribution in [0.1, 0.15) is 56.2 Å². The molecule has 1 atom stereocenters. The maximum atomic E-state index is 14.5. The van der Waals surface area contributed by atoms with E-state index in [1.54, 1.807) is 40.0 Å². The van der Waals surface area contributed by atoms with Crippen LogP contribution >= 0.6 is 11.6 Å². The number of allylic oxidation sites excluding steroid dienone is 1. The molecule has 0 radical (unpaired) electrons. The summed E-state index contributed by atoms with van der Waals surface area (Å²) in [5.41, 5.74) is 4.46. The molecule has 5 rings (SSSR count). The fourth-order valence-corrected chi connectivity index (χ4v) is 5.25. The molecule has 0 spiro atoms. The van der Waals surface area contributed by atoms with Crippen LogP contribution in [0.15, 0.2) is 72.9 Å². The van der Waals surface area contributed by atoms with Crippen LogP contribution in [0.2, 0.25) is 0 Å². The lowest BCUT2D eigenvalue weighted by molar-refractivity contribution is -0.111. The number of aromatic nitrogens is 3. The number of anilines is 2. The van der Waals surface area contributed by atoms with Crippen LogP contribution < -0.4 is 10.6 Å². The van der Waals surface area contributed by atoms with Gasteiger partial charge >= 0.3 is 0 Å². The van der Waals surface area contributed by atoms with Gasteiger partial charge in [-0.15, -0.1) is 11.6 Å². The summed E-state index contributed by atoms with van der Waals surface area (Å²) in [6, 6.07) is 15.4. The van der Waals surface area contributed by atoms with Gasteiger partial charge in [0.05, 0.1) is 18.8 Å². The Hall–Kier alpha value is -4.70. The summed E-state index contributed by atoms with van der Waals surface area (Å²) in [4.78, 5) is 43.6. The van der Waals surface area contributed by atoms with E-state index in [0.29, 0.717) is 29.1 Å². The third kappa shape index (κ3) is 6.28. The molecule has 3 amide bonds. The summed E-state index contributed by atoms with van der Waals surface area (Å²) in [7, 11) is 0. The zero-order chi connectivity index (χ0) is 29.8. The molecule has 3 N–H and O–H groups in total. The number of hydrogen-bond donors (Lipinski definition) is 3. The molecule has 0 bridgehead atoms. The second kappa shape index (κ2) is 12.4. The van der Waals surface area contributed by atoms with Crippen LogP contribution in [0.4, 0.5) is 15.8 Å². The Kier molecular flexibility index (Phi) is 8.53. The third-order valence-corrected chi connectivity index (χ3v) is 7.17. The van der Waals surface area contributed by atoms with E-state index in [-0.39, 0.29) is 42.2 Å². The second-order valence-electron chi connectivity index (χ2n) is 10.2. The highest BCUT2D eigenvalue weighted by molar-refractivity contribution is 6.19. The molecule has 1 aliphatic rings. The minimum absolute atomic E-state index is 0.0194. The number of halogens is 2. The molecule has 11 heteroatoms. The average molecular weight is 589 g/mol. The number of carbonyl (C=O) groups excluding carboxylic acids is 3. The number of rotatable bonds is 8. The van der Waals surface area contributed by atoms with E-state index in [4.69, 9.17) is 16.7 Å². The minimum atomic E-state index is -0.584. The molecule has 2 aromatic carbocycles. The summed E-state index contributed by atoms with van der Waals surface area (Å²) in [5.74, 6) is -1.64. The molecule has 0 fully saturated rings. The second-order valence-corrected chi connectivity index (χ2v) is 10.5. The quantitative estimate of drug-likeness (QED) is 0.188. The summed E-state index contributed by atoms with van der Waals surface area (Å²) in [5, 5.41) is 10.2. The lowest BCUT2D eigenvalue weighted by atomic mass is 9.95. The predicted octanol–water partition coefficient (Wildman–Crippen LogP) is 5.45. The summed E-state index contributed by atoms with van der Waals surface area (Å²) in [6.07, 6.45) is 4.39. The maximum absolute atomic E-state index is 14.5. The monoisotopic (exact) mass is 588 g/mol. The minimum Gasteiger partial charge on any atom is -0.357 e. The van der Waals surface area contributed by atoms with Gasteiger partial charge in [0.2, 0.25) is 5.91 Å². The Bertz CT molecular complexity index is 1660. The fourth-order valence-electron chi connectivity index (χ4n) is 5.16. The molecule has 1 aliphatic heterocycles. The van der Waals surface area contributed by atoms with Crippen molar-refractivity contribution in [2.24, 2.45) is 0 Å². The number of aromatic amines is 1. The number of amides is 3. The van der Waals surface area contributed by atoms with Crippen molar-refractivity contribution in [2.75, 3.05) is 23.1 Å². The first-order valence-electron chi connectivity index (χ1n) is 13.5. The molecule has 1 unspecified atom stereocenters. The van der Waals surface area contributed by atoms with Crippen LogP contribution in [-0.2, 0) is 17.9 Å². The van der Waals surface area contributed by atoms with Crippen LogP contribution in [0.25, 0.3) is 0 Å². The van der Waals surface area contributed by atoms with Crippen molar-refractivity contribution in [1.29, 1.82) is 0 Å². The highest BCUT2D eigenvalue weighted by Gasteiger charge is 2.34. The van der Waals surface area contributed by atoms with E-state index in [2.05, 4.69) is 15.6 Å². The van der Waals surface area contributed by atoms with Crippen molar-refractivity contribution < 1.29 is 18.8 Å². The van der Waals surface area contributed by atoms with Gasteiger partial charge in [-0.2, -0.15) is 5.10 Å². The van der Waals surface area contributed by atoms with Gasteiger partial charge in [-0.25, -0.2) is 4.39 Å². The van der Waals surface area contributed by atoms with Gasteiger partial charge in [-0.05, 0) is 54.4 Å². The highest BCUT2D eigenvalue weighted by atomic mass is 35.5. The average Bonchev–Trinajstić information content (AvgIpc) is 3.62.